The number of rotatable bonds is 4. The van der Waals surface area contributed by atoms with E-state index in [4.69, 9.17) is 4.98 Å². The van der Waals surface area contributed by atoms with Crippen LogP contribution in [0.25, 0.3) is 0 Å². The first-order valence-electron chi connectivity index (χ1n) is 7.89. The number of likely N-dealkylation sites (tertiary alicyclic amines) is 1. The Balaban J connectivity index is 2.00. The van der Waals surface area contributed by atoms with E-state index < -0.39 is 0 Å². The first-order valence-corrected chi connectivity index (χ1v) is 8.70. The molecule has 2 heterocycles. The highest BCUT2D eigenvalue weighted by molar-refractivity contribution is 7.15. The third-order valence-electron chi connectivity index (χ3n) is 4.20. The lowest BCUT2D eigenvalue weighted by Crippen LogP contribution is -2.41. The van der Waals surface area contributed by atoms with Gasteiger partial charge in [-0.1, -0.05) is 0 Å². The quantitative estimate of drug-likeness (QED) is 0.926. The van der Waals surface area contributed by atoms with Gasteiger partial charge in [0.05, 0.1) is 5.69 Å². The molecule has 120 valence electrons. The Hall–Kier alpha value is -0.650. The molecule has 0 saturated carbocycles. The molecule has 1 N–H and O–H groups in total. The summed E-state index contributed by atoms with van der Waals surface area (Å²) in [5, 5.41) is 4.74. The first-order chi connectivity index (χ1) is 9.76. The highest BCUT2D eigenvalue weighted by atomic mass is 32.1. The molecular weight excluding hydrogens is 280 g/mol. The Kier molecular flexibility index (Phi) is 5.28. The van der Waals surface area contributed by atoms with E-state index in [1.807, 2.05) is 11.3 Å². The van der Waals surface area contributed by atoms with Crippen LogP contribution in [-0.4, -0.2) is 48.6 Å². The molecule has 21 heavy (non-hydrogen) atoms. The molecule has 0 aliphatic carbocycles. The SMILES string of the molecule is Cc1nc(N(C)C2CCN(C)CC2)sc1CNC(C)(C)C. The minimum absolute atomic E-state index is 0.149. The molecule has 0 radical (unpaired) electrons. The van der Waals surface area contributed by atoms with Crippen LogP contribution >= 0.6 is 11.3 Å². The minimum atomic E-state index is 0.149. The first kappa shape index (κ1) is 16.7. The van der Waals surface area contributed by atoms with Crippen LogP contribution in [0.4, 0.5) is 5.13 Å². The monoisotopic (exact) mass is 310 g/mol. The van der Waals surface area contributed by atoms with Crippen LogP contribution in [0.15, 0.2) is 0 Å². The highest BCUT2D eigenvalue weighted by Gasteiger charge is 2.23. The molecule has 0 aromatic carbocycles. The maximum absolute atomic E-state index is 4.80. The van der Waals surface area contributed by atoms with Crippen LogP contribution in [-0.2, 0) is 6.54 Å². The maximum atomic E-state index is 4.80. The topological polar surface area (TPSA) is 31.4 Å². The van der Waals surface area contributed by atoms with E-state index in [2.05, 4.69) is 56.9 Å². The third-order valence-corrected chi connectivity index (χ3v) is 5.45. The molecule has 0 amide bonds. The van der Waals surface area contributed by atoms with Crippen LogP contribution in [0.2, 0.25) is 0 Å². The number of nitrogens with zero attached hydrogens (tertiary/aromatic N) is 3. The average molecular weight is 311 g/mol. The van der Waals surface area contributed by atoms with Crippen LogP contribution in [0.5, 0.6) is 0 Å². The largest absolute Gasteiger partial charge is 0.348 e. The van der Waals surface area contributed by atoms with Gasteiger partial charge in [0.25, 0.3) is 0 Å². The molecule has 1 aromatic rings. The summed E-state index contributed by atoms with van der Waals surface area (Å²) in [4.78, 5) is 11.0. The van der Waals surface area contributed by atoms with Crippen molar-refractivity contribution in [1.29, 1.82) is 0 Å². The van der Waals surface area contributed by atoms with E-state index in [0.29, 0.717) is 6.04 Å². The van der Waals surface area contributed by atoms with Crippen molar-refractivity contribution in [2.24, 2.45) is 0 Å². The van der Waals surface area contributed by atoms with E-state index >= 15 is 0 Å². The van der Waals surface area contributed by atoms with Gasteiger partial charge in [-0.25, -0.2) is 4.98 Å². The predicted molar refractivity (Wildman–Crippen MR) is 92.4 cm³/mol. The summed E-state index contributed by atoms with van der Waals surface area (Å²) in [6, 6.07) is 0.634. The number of hydrogen-bond donors (Lipinski definition) is 1. The molecule has 0 spiro atoms. The molecule has 1 aromatic heterocycles. The second-order valence-corrected chi connectivity index (χ2v) is 8.32. The van der Waals surface area contributed by atoms with Crippen LogP contribution in [0.1, 0.15) is 44.2 Å². The molecule has 1 aliphatic heterocycles. The van der Waals surface area contributed by atoms with E-state index in [1.54, 1.807) is 0 Å². The van der Waals surface area contributed by atoms with Crippen molar-refractivity contribution in [2.45, 2.75) is 58.7 Å². The third kappa shape index (κ3) is 4.66. The lowest BCUT2D eigenvalue weighted by atomic mass is 10.0. The average Bonchev–Trinajstić information content (AvgIpc) is 2.77. The van der Waals surface area contributed by atoms with Crippen LogP contribution < -0.4 is 10.2 Å². The van der Waals surface area contributed by atoms with E-state index in [0.717, 1.165) is 6.54 Å². The Morgan fingerprint density at radius 3 is 2.52 bits per heavy atom. The summed E-state index contributed by atoms with van der Waals surface area (Å²) in [6.07, 6.45) is 2.47. The zero-order valence-corrected chi connectivity index (χ0v) is 15.2. The van der Waals surface area contributed by atoms with Crippen LogP contribution in [0, 0.1) is 6.92 Å². The summed E-state index contributed by atoms with van der Waals surface area (Å²) >= 11 is 1.84. The highest BCUT2D eigenvalue weighted by Crippen LogP contribution is 2.29. The molecule has 5 heteroatoms. The molecule has 0 atom stereocenters. The number of anilines is 1. The molecule has 4 nitrogen and oxygen atoms in total. The summed E-state index contributed by atoms with van der Waals surface area (Å²) < 4.78 is 0. The number of thiazole rings is 1. The molecule has 2 rings (SSSR count). The Morgan fingerprint density at radius 1 is 1.33 bits per heavy atom. The number of hydrogen-bond acceptors (Lipinski definition) is 5. The Bertz CT molecular complexity index is 455. The molecule has 1 fully saturated rings. The van der Waals surface area contributed by atoms with E-state index in [-0.39, 0.29) is 5.54 Å². The fourth-order valence-corrected chi connectivity index (χ4v) is 3.65. The van der Waals surface area contributed by atoms with Crippen molar-refractivity contribution in [3.63, 3.8) is 0 Å². The van der Waals surface area contributed by atoms with Gasteiger partial charge < -0.3 is 15.1 Å². The summed E-state index contributed by atoms with van der Waals surface area (Å²) in [5.74, 6) is 0. The van der Waals surface area contributed by atoms with Crippen LogP contribution in [0.3, 0.4) is 0 Å². The van der Waals surface area contributed by atoms with Gasteiger partial charge in [-0.15, -0.1) is 11.3 Å². The van der Waals surface area contributed by atoms with Crippen molar-refractivity contribution in [1.82, 2.24) is 15.2 Å². The summed E-state index contributed by atoms with van der Waals surface area (Å²) in [7, 11) is 4.41. The van der Waals surface area contributed by atoms with E-state index in [9.17, 15) is 0 Å². The number of nitrogens with one attached hydrogen (secondary N) is 1. The lowest BCUT2D eigenvalue weighted by Gasteiger charge is -2.34. The van der Waals surface area contributed by atoms with Gasteiger partial charge >= 0.3 is 0 Å². The number of piperidine rings is 1. The van der Waals surface area contributed by atoms with Crippen molar-refractivity contribution in [3.05, 3.63) is 10.6 Å². The van der Waals surface area contributed by atoms with Crippen molar-refractivity contribution in [2.75, 3.05) is 32.1 Å². The predicted octanol–water partition coefficient (Wildman–Crippen LogP) is 2.87. The zero-order valence-electron chi connectivity index (χ0n) is 14.4. The second-order valence-electron chi connectivity index (χ2n) is 7.25. The molecule has 1 saturated heterocycles. The molecule has 0 bridgehead atoms. The van der Waals surface area contributed by atoms with Crippen molar-refractivity contribution in [3.8, 4) is 0 Å². The molecule has 1 aliphatic rings. The fraction of sp³-hybridized carbons (Fsp3) is 0.812. The van der Waals surface area contributed by atoms with E-state index in [1.165, 1.54) is 41.6 Å². The van der Waals surface area contributed by atoms with Gasteiger partial charge in [0, 0.05) is 30.1 Å². The zero-order chi connectivity index (χ0) is 15.6. The van der Waals surface area contributed by atoms with Gasteiger partial charge in [0.15, 0.2) is 5.13 Å². The molecular formula is C16H30N4S. The lowest BCUT2D eigenvalue weighted by molar-refractivity contribution is 0.253. The number of aryl methyl sites for hydroxylation is 1. The summed E-state index contributed by atoms with van der Waals surface area (Å²) in [6.45, 7) is 12.0. The fourth-order valence-electron chi connectivity index (χ4n) is 2.61. The maximum Gasteiger partial charge on any atom is 0.185 e. The Morgan fingerprint density at radius 2 is 1.95 bits per heavy atom. The molecule has 0 unspecified atom stereocenters. The van der Waals surface area contributed by atoms with Crippen molar-refractivity contribution >= 4 is 16.5 Å². The normalized spacial score (nSPS) is 18.2. The number of aromatic nitrogens is 1. The minimum Gasteiger partial charge on any atom is -0.348 e. The van der Waals surface area contributed by atoms with Gasteiger partial charge in [0.1, 0.15) is 0 Å². The van der Waals surface area contributed by atoms with Gasteiger partial charge in [0.2, 0.25) is 0 Å². The van der Waals surface area contributed by atoms with Crippen molar-refractivity contribution < 1.29 is 0 Å². The smallest absolute Gasteiger partial charge is 0.185 e. The van der Waals surface area contributed by atoms with Gasteiger partial charge in [-0.2, -0.15) is 0 Å². The standard InChI is InChI=1S/C16H30N4S/c1-12-14(11-17-16(2,3)4)21-15(18-12)20(6)13-7-9-19(5)10-8-13/h13,17H,7-11H2,1-6H3. The Labute approximate surface area is 133 Å². The second kappa shape index (κ2) is 6.63. The van der Waals surface area contributed by atoms with Gasteiger partial charge in [-0.05, 0) is 60.7 Å². The van der Waals surface area contributed by atoms with Gasteiger partial charge in [-0.3, -0.25) is 0 Å². The summed E-state index contributed by atoms with van der Waals surface area (Å²) in [5.41, 5.74) is 1.32.